The molecule has 0 radical (unpaired) electrons. The molecule has 0 fully saturated rings. The van der Waals surface area contributed by atoms with E-state index in [1.54, 1.807) is 6.07 Å². The number of nitrogen functional groups attached to an aromatic ring is 1. The van der Waals surface area contributed by atoms with Gasteiger partial charge in [-0.2, -0.15) is 0 Å². The van der Waals surface area contributed by atoms with Crippen molar-refractivity contribution in [1.82, 2.24) is 0 Å². The fourth-order valence-corrected chi connectivity index (χ4v) is 3.15. The van der Waals surface area contributed by atoms with Gasteiger partial charge in [0.05, 0.1) is 16.3 Å². The van der Waals surface area contributed by atoms with Crippen LogP contribution in [0.4, 0.5) is 5.69 Å². The summed E-state index contributed by atoms with van der Waals surface area (Å²) in [5.41, 5.74) is 7.93. The highest BCUT2D eigenvalue weighted by Crippen LogP contribution is 2.31. The van der Waals surface area contributed by atoms with Gasteiger partial charge >= 0.3 is 0 Å². The van der Waals surface area contributed by atoms with E-state index in [0.717, 1.165) is 11.1 Å². The van der Waals surface area contributed by atoms with Gasteiger partial charge in [0.15, 0.2) is 9.84 Å². The molecule has 0 spiro atoms. The fraction of sp³-hybridized carbons (Fsp3) is 0.0667. The molecule has 19 heavy (non-hydrogen) atoms. The molecule has 0 aliphatic heterocycles. The van der Waals surface area contributed by atoms with E-state index in [4.69, 9.17) is 5.73 Å². The molecule has 0 heterocycles. The lowest BCUT2D eigenvalue weighted by molar-refractivity contribution is 0.599. The van der Waals surface area contributed by atoms with Crippen molar-refractivity contribution in [3.63, 3.8) is 0 Å². The zero-order valence-electron chi connectivity index (χ0n) is 10.4. The van der Waals surface area contributed by atoms with Gasteiger partial charge in [-0.1, -0.05) is 48.5 Å². The van der Waals surface area contributed by atoms with Crippen LogP contribution in [0.5, 0.6) is 0 Å². The molecule has 0 aliphatic carbocycles. The number of hydrogen-bond acceptors (Lipinski definition) is 3. The quantitative estimate of drug-likeness (QED) is 0.688. The third-order valence-corrected chi connectivity index (χ3v) is 4.52. The van der Waals surface area contributed by atoms with Gasteiger partial charge in [-0.05, 0) is 11.6 Å². The van der Waals surface area contributed by atoms with Crippen LogP contribution >= 0.6 is 0 Å². The number of nitrogens with two attached hydrogens (primary N) is 1. The molecule has 0 saturated carbocycles. The van der Waals surface area contributed by atoms with Crippen molar-refractivity contribution in [1.29, 1.82) is 0 Å². The monoisotopic (exact) mass is 273 g/mol. The van der Waals surface area contributed by atoms with Crippen molar-refractivity contribution in [2.75, 3.05) is 11.5 Å². The lowest BCUT2D eigenvalue weighted by atomic mass is 10.0. The van der Waals surface area contributed by atoms with Gasteiger partial charge < -0.3 is 5.73 Å². The molecule has 0 saturated heterocycles. The molecule has 0 atom stereocenters. The summed E-state index contributed by atoms with van der Waals surface area (Å²) in [6.45, 7) is 3.46. The Morgan fingerprint density at radius 3 is 2.37 bits per heavy atom. The Bertz CT molecular complexity index is 691. The van der Waals surface area contributed by atoms with Gasteiger partial charge in [-0.25, -0.2) is 8.42 Å². The van der Waals surface area contributed by atoms with Crippen LogP contribution in [0.15, 0.2) is 66.1 Å². The van der Waals surface area contributed by atoms with E-state index < -0.39 is 9.84 Å². The van der Waals surface area contributed by atoms with Gasteiger partial charge in [0.1, 0.15) is 0 Å². The highest BCUT2D eigenvalue weighted by atomic mass is 32.2. The van der Waals surface area contributed by atoms with Gasteiger partial charge in [0.25, 0.3) is 0 Å². The molecule has 2 rings (SSSR count). The van der Waals surface area contributed by atoms with Gasteiger partial charge in [-0.15, -0.1) is 6.58 Å². The van der Waals surface area contributed by atoms with E-state index in [1.807, 2.05) is 36.4 Å². The van der Waals surface area contributed by atoms with E-state index in [0.29, 0.717) is 0 Å². The lowest BCUT2D eigenvalue weighted by Crippen LogP contribution is -2.08. The van der Waals surface area contributed by atoms with Gasteiger partial charge in [-0.3, -0.25) is 0 Å². The third kappa shape index (κ3) is 2.69. The van der Waals surface area contributed by atoms with Crippen LogP contribution in [0.1, 0.15) is 0 Å². The molecular weight excluding hydrogens is 258 g/mol. The standard InChI is InChI=1S/C15H15NO2S/c1-2-11-19(17,18)14-10-6-9-13(15(14)16)12-7-4-3-5-8-12/h2-10H,1,11,16H2. The summed E-state index contributed by atoms with van der Waals surface area (Å²) in [6, 6.07) is 14.5. The zero-order valence-corrected chi connectivity index (χ0v) is 11.2. The summed E-state index contributed by atoms with van der Waals surface area (Å²) in [5, 5.41) is 0. The summed E-state index contributed by atoms with van der Waals surface area (Å²) in [6.07, 6.45) is 1.37. The molecule has 0 aromatic heterocycles. The predicted octanol–water partition coefficient (Wildman–Crippen LogP) is 2.90. The predicted molar refractivity (Wildman–Crippen MR) is 78.5 cm³/mol. The zero-order chi connectivity index (χ0) is 13.9. The highest BCUT2D eigenvalue weighted by molar-refractivity contribution is 7.91. The van der Waals surface area contributed by atoms with E-state index in [1.165, 1.54) is 12.1 Å². The average molecular weight is 273 g/mol. The first-order valence-corrected chi connectivity index (χ1v) is 7.49. The highest BCUT2D eigenvalue weighted by Gasteiger charge is 2.18. The van der Waals surface area contributed by atoms with Crippen molar-refractivity contribution < 1.29 is 8.42 Å². The first-order chi connectivity index (χ1) is 9.06. The molecule has 4 heteroatoms. The first-order valence-electron chi connectivity index (χ1n) is 5.84. The second-order valence-electron chi connectivity index (χ2n) is 4.15. The van der Waals surface area contributed by atoms with E-state index in [-0.39, 0.29) is 16.3 Å². The maximum absolute atomic E-state index is 12.1. The number of benzene rings is 2. The Hall–Kier alpha value is -2.07. The maximum atomic E-state index is 12.1. The number of sulfone groups is 1. The molecule has 98 valence electrons. The molecule has 0 aliphatic rings. The number of hydrogen-bond donors (Lipinski definition) is 1. The molecule has 2 aromatic rings. The molecule has 0 amide bonds. The van der Waals surface area contributed by atoms with E-state index in [2.05, 4.69) is 6.58 Å². The second-order valence-corrected chi connectivity index (χ2v) is 6.16. The molecule has 3 nitrogen and oxygen atoms in total. The summed E-state index contributed by atoms with van der Waals surface area (Å²) < 4.78 is 24.2. The van der Waals surface area contributed by atoms with Crippen LogP contribution in [0, 0.1) is 0 Å². The van der Waals surface area contributed by atoms with Crippen LogP contribution in [0.2, 0.25) is 0 Å². The number of para-hydroxylation sites is 1. The molecular formula is C15H15NO2S. The lowest BCUT2D eigenvalue weighted by Gasteiger charge is -2.11. The Morgan fingerprint density at radius 1 is 1.05 bits per heavy atom. The SMILES string of the molecule is C=CCS(=O)(=O)c1cccc(-c2ccccc2)c1N. The Kier molecular flexibility index (Phi) is 3.71. The minimum Gasteiger partial charge on any atom is -0.397 e. The first kappa shape index (κ1) is 13.4. The van der Waals surface area contributed by atoms with Gasteiger partial charge in [0.2, 0.25) is 0 Å². The van der Waals surface area contributed by atoms with E-state index >= 15 is 0 Å². The number of rotatable bonds is 4. The van der Waals surface area contributed by atoms with Crippen molar-refractivity contribution in [3.8, 4) is 11.1 Å². The molecule has 2 N–H and O–H groups in total. The maximum Gasteiger partial charge on any atom is 0.183 e. The molecule has 0 unspecified atom stereocenters. The van der Waals surface area contributed by atoms with Crippen LogP contribution in [0.3, 0.4) is 0 Å². The van der Waals surface area contributed by atoms with Crippen molar-refractivity contribution >= 4 is 15.5 Å². The average Bonchev–Trinajstić information content (AvgIpc) is 2.39. The fourth-order valence-electron chi connectivity index (χ4n) is 1.93. The van der Waals surface area contributed by atoms with Crippen molar-refractivity contribution in [2.24, 2.45) is 0 Å². The number of anilines is 1. The topological polar surface area (TPSA) is 60.2 Å². The Labute approximate surface area is 113 Å². The Morgan fingerprint density at radius 2 is 1.74 bits per heavy atom. The Balaban J connectivity index is 2.60. The summed E-state index contributed by atoms with van der Waals surface area (Å²) in [5.74, 6) is -0.116. The van der Waals surface area contributed by atoms with E-state index in [9.17, 15) is 8.42 Å². The molecule has 2 aromatic carbocycles. The van der Waals surface area contributed by atoms with Crippen LogP contribution in [0.25, 0.3) is 11.1 Å². The van der Waals surface area contributed by atoms with Gasteiger partial charge in [0, 0.05) is 5.56 Å². The van der Waals surface area contributed by atoms with Crippen molar-refractivity contribution in [2.45, 2.75) is 4.90 Å². The largest absolute Gasteiger partial charge is 0.397 e. The summed E-state index contributed by atoms with van der Waals surface area (Å²) in [7, 11) is -3.41. The smallest absolute Gasteiger partial charge is 0.183 e. The third-order valence-electron chi connectivity index (χ3n) is 2.82. The summed E-state index contributed by atoms with van der Waals surface area (Å²) >= 11 is 0. The minimum absolute atomic E-state index is 0.116. The normalized spacial score (nSPS) is 11.2. The van der Waals surface area contributed by atoms with Crippen molar-refractivity contribution in [3.05, 3.63) is 61.2 Å². The molecule has 0 bridgehead atoms. The van der Waals surface area contributed by atoms with Crippen LogP contribution in [-0.4, -0.2) is 14.2 Å². The summed E-state index contributed by atoms with van der Waals surface area (Å²) in [4.78, 5) is 0.161. The minimum atomic E-state index is -3.41. The second kappa shape index (κ2) is 5.28. The van der Waals surface area contributed by atoms with Crippen LogP contribution in [-0.2, 0) is 9.84 Å². The van der Waals surface area contributed by atoms with Crippen LogP contribution < -0.4 is 5.73 Å².